The fraction of sp³-hybridized carbons (Fsp3) is 0.182. The molecule has 1 aromatic rings. The fourth-order valence-electron chi connectivity index (χ4n) is 1.44. The SMILES string of the molecule is CN(C)/N=C/c1cccc2c1C(=O)OC2=O. The van der Waals surface area contributed by atoms with Crippen LogP contribution in [0.15, 0.2) is 23.3 Å². The Bertz CT molecular complexity index is 492. The van der Waals surface area contributed by atoms with Gasteiger partial charge < -0.3 is 9.75 Å². The van der Waals surface area contributed by atoms with E-state index in [0.717, 1.165) is 0 Å². The van der Waals surface area contributed by atoms with Gasteiger partial charge in [0.1, 0.15) is 0 Å². The lowest BCUT2D eigenvalue weighted by Gasteiger charge is -2.03. The predicted molar refractivity (Wildman–Crippen MR) is 57.5 cm³/mol. The van der Waals surface area contributed by atoms with E-state index in [2.05, 4.69) is 9.84 Å². The molecule has 1 aliphatic heterocycles. The molecule has 1 aliphatic rings. The predicted octanol–water partition coefficient (Wildman–Crippen LogP) is 0.893. The second-order valence-corrected chi connectivity index (χ2v) is 3.54. The zero-order chi connectivity index (χ0) is 11.7. The third-order valence-corrected chi connectivity index (χ3v) is 2.13. The summed E-state index contributed by atoms with van der Waals surface area (Å²) in [5.74, 6) is -1.21. The summed E-state index contributed by atoms with van der Waals surface area (Å²) in [7, 11) is 3.53. The van der Waals surface area contributed by atoms with Crippen LogP contribution in [-0.2, 0) is 4.74 Å². The zero-order valence-electron chi connectivity index (χ0n) is 8.93. The molecular weight excluding hydrogens is 208 g/mol. The van der Waals surface area contributed by atoms with Crippen molar-refractivity contribution in [3.8, 4) is 0 Å². The van der Waals surface area contributed by atoms with Gasteiger partial charge in [-0.15, -0.1) is 0 Å². The molecule has 0 unspecified atom stereocenters. The summed E-state index contributed by atoms with van der Waals surface area (Å²) in [6, 6.07) is 4.97. The summed E-state index contributed by atoms with van der Waals surface area (Å²) in [6.07, 6.45) is 1.53. The lowest BCUT2D eigenvalue weighted by molar-refractivity contribution is 0.0444. The average Bonchev–Trinajstić information content (AvgIpc) is 2.52. The second kappa shape index (κ2) is 3.77. The van der Waals surface area contributed by atoms with Crippen LogP contribution < -0.4 is 0 Å². The van der Waals surface area contributed by atoms with Crippen molar-refractivity contribution in [1.82, 2.24) is 5.01 Å². The Hall–Kier alpha value is -2.17. The number of hydrazone groups is 1. The Labute approximate surface area is 92.3 Å². The molecule has 0 spiro atoms. The third kappa shape index (κ3) is 1.67. The third-order valence-electron chi connectivity index (χ3n) is 2.13. The van der Waals surface area contributed by atoms with Crippen LogP contribution >= 0.6 is 0 Å². The molecule has 1 aromatic carbocycles. The maximum absolute atomic E-state index is 11.4. The van der Waals surface area contributed by atoms with Gasteiger partial charge in [-0.1, -0.05) is 12.1 Å². The Morgan fingerprint density at radius 1 is 1.25 bits per heavy atom. The van der Waals surface area contributed by atoms with Crippen LogP contribution in [0.2, 0.25) is 0 Å². The quantitative estimate of drug-likeness (QED) is 0.320. The second-order valence-electron chi connectivity index (χ2n) is 3.54. The maximum Gasteiger partial charge on any atom is 0.347 e. The van der Waals surface area contributed by atoms with Gasteiger partial charge in [-0.3, -0.25) is 0 Å². The molecule has 0 aliphatic carbocycles. The highest BCUT2D eigenvalue weighted by molar-refractivity contribution is 6.17. The first kappa shape index (κ1) is 10.4. The van der Waals surface area contributed by atoms with Gasteiger partial charge in [0, 0.05) is 19.7 Å². The van der Waals surface area contributed by atoms with Gasteiger partial charge in [-0.2, -0.15) is 5.10 Å². The van der Waals surface area contributed by atoms with Gasteiger partial charge in [0.2, 0.25) is 0 Å². The molecule has 0 N–H and O–H groups in total. The number of rotatable bonds is 2. The molecule has 2 rings (SSSR count). The van der Waals surface area contributed by atoms with Crippen molar-refractivity contribution < 1.29 is 14.3 Å². The first-order valence-electron chi connectivity index (χ1n) is 4.70. The van der Waals surface area contributed by atoms with E-state index < -0.39 is 11.9 Å². The summed E-state index contributed by atoms with van der Waals surface area (Å²) < 4.78 is 4.53. The van der Waals surface area contributed by atoms with Gasteiger partial charge in [0.05, 0.1) is 17.3 Å². The standard InChI is InChI=1S/C11H10N2O3/c1-13(2)12-6-7-4-3-5-8-9(7)11(15)16-10(8)14/h3-6H,1-2H3/b12-6+. The number of hydrogen-bond acceptors (Lipinski definition) is 5. The summed E-state index contributed by atoms with van der Waals surface area (Å²) in [5, 5.41) is 5.62. The van der Waals surface area contributed by atoms with Crippen LogP contribution in [0.4, 0.5) is 0 Å². The number of hydrogen-bond donors (Lipinski definition) is 0. The molecule has 0 saturated carbocycles. The van der Waals surface area contributed by atoms with E-state index >= 15 is 0 Å². The smallest absolute Gasteiger partial charge is 0.347 e. The highest BCUT2D eigenvalue weighted by Crippen LogP contribution is 2.22. The van der Waals surface area contributed by atoms with Gasteiger partial charge in [0.15, 0.2) is 0 Å². The van der Waals surface area contributed by atoms with Crippen molar-refractivity contribution in [3.05, 3.63) is 34.9 Å². The number of benzene rings is 1. The zero-order valence-corrected chi connectivity index (χ0v) is 8.93. The van der Waals surface area contributed by atoms with Gasteiger partial charge in [-0.25, -0.2) is 9.59 Å². The number of ether oxygens (including phenoxy) is 1. The lowest BCUT2D eigenvalue weighted by atomic mass is 10.0. The summed E-state index contributed by atoms with van der Waals surface area (Å²) in [4.78, 5) is 22.7. The first-order chi connectivity index (χ1) is 7.59. The maximum atomic E-state index is 11.4. The van der Waals surface area contributed by atoms with Crippen LogP contribution in [0, 0.1) is 0 Å². The van der Waals surface area contributed by atoms with Crippen LogP contribution in [0.25, 0.3) is 0 Å². The van der Waals surface area contributed by atoms with Gasteiger partial charge in [-0.05, 0) is 6.07 Å². The minimum atomic E-state index is -0.610. The largest absolute Gasteiger partial charge is 0.386 e. The highest BCUT2D eigenvalue weighted by Gasteiger charge is 2.31. The van der Waals surface area contributed by atoms with Crippen molar-refractivity contribution in [2.45, 2.75) is 0 Å². The highest BCUT2D eigenvalue weighted by atomic mass is 16.6. The molecule has 0 bridgehead atoms. The first-order valence-corrected chi connectivity index (χ1v) is 4.70. The van der Waals surface area contributed by atoms with E-state index in [1.807, 2.05) is 0 Å². The summed E-state index contributed by atoms with van der Waals surface area (Å²) >= 11 is 0. The molecular formula is C11H10N2O3. The van der Waals surface area contributed by atoms with Gasteiger partial charge >= 0.3 is 11.9 Å². The van der Waals surface area contributed by atoms with Crippen molar-refractivity contribution in [2.75, 3.05) is 14.1 Å². The van der Waals surface area contributed by atoms with E-state index in [9.17, 15) is 9.59 Å². The van der Waals surface area contributed by atoms with Crippen molar-refractivity contribution in [3.63, 3.8) is 0 Å². The molecule has 5 nitrogen and oxygen atoms in total. The Morgan fingerprint density at radius 3 is 2.69 bits per heavy atom. The lowest BCUT2D eigenvalue weighted by Crippen LogP contribution is -2.04. The summed E-state index contributed by atoms with van der Waals surface area (Å²) in [5.41, 5.74) is 1.17. The minimum Gasteiger partial charge on any atom is -0.386 e. The van der Waals surface area contributed by atoms with Crippen LogP contribution in [0.1, 0.15) is 26.3 Å². The van der Waals surface area contributed by atoms with Crippen LogP contribution in [-0.4, -0.2) is 37.3 Å². The molecule has 1 heterocycles. The molecule has 5 heteroatoms. The van der Waals surface area contributed by atoms with Crippen LogP contribution in [0.5, 0.6) is 0 Å². The van der Waals surface area contributed by atoms with E-state index in [1.54, 1.807) is 37.3 Å². The average molecular weight is 218 g/mol. The van der Waals surface area contributed by atoms with E-state index in [0.29, 0.717) is 11.1 Å². The number of carbonyl (C=O) groups excluding carboxylic acids is 2. The molecule has 0 atom stereocenters. The van der Waals surface area contributed by atoms with E-state index in [1.165, 1.54) is 6.21 Å². The molecule has 0 saturated heterocycles. The molecule has 0 aromatic heterocycles. The molecule has 82 valence electrons. The molecule has 0 amide bonds. The minimum absolute atomic E-state index is 0.290. The Morgan fingerprint density at radius 2 is 2.00 bits per heavy atom. The number of cyclic esters (lactones) is 2. The molecule has 0 radical (unpaired) electrons. The molecule has 0 fully saturated rings. The van der Waals surface area contributed by atoms with E-state index in [4.69, 9.17) is 0 Å². The van der Waals surface area contributed by atoms with E-state index in [-0.39, 0.29) is 5.56 Å². The topological polar surface area (TPSA) is 59.0 Å². The number of carbonyl (C=O) groups is 2. The number of fused-ring (bicyclic) bond motifs is 1. The van der Waals surface area contributed by atoms with Gasteiger partial charge in [0.25, 0.3) is 0 Å². The van der Waals surface area contributed by atoms with Crippen LogP contribution in [0.3, 0.4) is 0 Å². The van der Waals surface area contributed by atoms with Crippen molar-refractivity contribution in [1.29, 1.82) is 0 Å². The fourth-order valence-corrected chi connectivity index (χ4v) is 1.44. The number of nitrogens with zero attached hydrogens (tertiary/aromatic N) is 2. The monoisotopic (exact) mass is 218 g/mol. The van der Waals surface area contributed by atoms with Crippen molar-refractivity contribution >= 4 is 18.2 Å². The Kier molecular flexibility index (Phi) is 2.44. The Balaban J connectivity index is 2.49. The number of esters is 2. The summed E-state index contributed by atoms with van der Waals surface area (Å²) in [6.45, 7) is 0. The molecule has 16 heavy (non-hydrogen) atoms. The normalized spacial score (nSPS) is 14.1. The van der Waals surface area contributed by atoms with Crippen molar-refractivity contribution in [2.24, 2.45) is 5.10 Å².